The van der Waals surface area contributed by atoms with Crippen molar-refractivity contribution in [2.24, 2.45) is 0 Å². The first kappa shape index (κ1) is 12.8. The lowest BCUT2D eigenvalue weighted by Gasteiger charge is -2.41. The molecule has 0 bridgehead atoms. The molecule has 94 valence electrons. The number of hydrogen-bond donors (Lipinski definition) is 0. The zero-order valence-electron chi connectivity index (χ0n) is 10.8. The van der Waals surface area contributed by atoms with Crippen LogP contribution in [-0.2, 0) is 0 Å². The molecule has 5 heteroatoms. The van der Waals surface area contributed by atoms with Crippen LogP contribution in [0.25, 0.3) is 0 Å². The van der Waals surface area contributed by atoms with Crippen LogP contribution in [0.15, 0.2) is 18.2 Å². The van der Waals surface area contributed by atoms with Crippen LogP contribution in [0.1, 0.15) is 0 Å². The Labute approximate surface area is 104 Å². The van der Waals surface area contributed by atoms with Gasteiger partial charge in [0.15, 0.2) is 0 Å². The molecule has 1 heterocycles. The minimum Gasteiger partial charge on any atom is -0.422 e. The van der Waals surface area contributed by atoms with Gasteiger partial charge in [-0.15, -0.1) is 0 Å². The predicted octanol–water partition coefficient (Wildman–Crippen LogP) is 4.20. The third-order valence-corrected chi connectivity index (χ3v) is 13.7. The van der Waals surface area contributed by atoms with Gasteiger partial charge in [-0.3, -0.25) is 0 Å². The Morgan fingerprint density at radius 1 is 1.00 bits per heavy atom. The van der Waals surface area contributed by atoms with Crippen molar-refractivity contribution in [3.63, 3.8) is 0 Å². The smallest absolute Gasteiger partial charge is 0.147 e. The van der Waals surface area contributed by atoms with Crippen LogP contribution in [-0.4, -0.2) is 16.5 Å². The second-order valence-corrected chi connectivity index (χ2v) is 15.6. The SMILES string of the molecule is C[Si]1(C)CC[Si](C)(C)N1c1ccc(F)cc1F. The molecule has 1 nitrogen and oxygen atoms in total. The molecule has 0 atom stereocenters. The van der Waals surface area contributed by atoms with Gasteiger partial charge in [0, 0.05) is 6.07 Å². The molecule has 0 unspecified atom stereocenters. The first-order valence-electron chi connectivity index (χ1n) is 5.99. The summed E-state index contributed by atoms with van der Waals surface area (Å²) in [5.41, 5.74) is 0.622. The van der Waals surface area contributed by atoms with E-state index in [4.69, 9.17) is 0 Å². The van der Waals surface area contributed by atoms with Gasteiger partial charge in [0.05, 0.1) is 5.69 Å². The second-order valence-electron chi connectivity index (χ2n) is 6.06. The maximum atomic E-state index is 14.0. The summed E-state index contributed by atoms with van der Waals surface area (Å²) >= 11 is 0. The summed E-state index contributed by atoms with van der Waals surface area (Å²) in [5, 5.41) is 0. The molecule has 1 aromatic rings. The lowest BCUT2D eigenvalue weighted by atomic mass is 10.3. The van der Waals surface area contributed by atoms with Crippen LogP contribution in [0.5, 0.6) is 0 Å². The summed E-state index contributed by atoms with van der Waals surface area (Å²) in [6.45, 7) is 9.10. The maximum Gasteiger partial charge on any atom is 0.147 e. The third-order valence-electron chi connectivity index (χ3n) is 3.71. The molecule has 17 heavy (non-hydrogen) atoms. The number of anilines is 1. The largest absolute Gasteiger partial charge is 0.422 e. The van der Waals surface area contributed by atoms with Crippen LogP contribution in [0.4, 0.5) is 14.5 Å². The lowest BCUT2D eigenvalue weighted by molar-refractivity contribution is 0.585. The number of nitrogens with zero attached hydrogens (tertiary/aromatic N) is 1. The summed E-state index contributed by atoms with van der Waals surface area (Å²) in [7, 11) is -3.12. The standard InChI is InChI=1S/C12H19F2NSi2/c1-16(2)7-8-17(3,4)15(16)12-6-5-10(13)9-11(12)14/h5-6,9H,7-8H2,1-4H3. The Morgan fingerprint density at radius 2 is 1.53 bits per heavy atom. The summed E-state index contributed by atoms with van der Waals surface area (Å²) in [6, 6.07) is 6.40. The average Bonchev–Trinajstić information content (AvgIpc) is 2.39. The number of halogens is 2. The molecule has 1 fully saturated rings. The van der Waals surface area contributed by atoms with Crippen molar-refractivity contribution in [3.05, 3.63) is 29.8 Å². The highest BCUT2D eigenvalue weighted by atomic mass is 28.4. The molecular weight excluding hydrogens is 252 g/mol. The van der Waals surface area contributed by atoms with E-state index in [0.717, 1.165) is 6.07 Å². The highest BCUT2D eigenvalue weighted by Crippen LogP contribution is 2.41. The van der Waals surface area contributed by atoms with Crippen LogP contribution in [0, 0.1) is 11.6 Å². The van der Waals surface area contributed by atoms with Crippen molar-refractivity contribution in [2.45, 2.75) is 38.3 Å². The number of rotatable bonds is 1. The first-order valence-corrected chi connectivity index (χ1v) is 12.3. The molecule has 0 aliphatic carbocycles. The molecule has 0 aromatic heterocycles. The van der Waals surface area contributed by atoms with E-state index in [0.29, 0.717) is 5.69 Å². The molecule has 1 aromatic carbocycles. The molecule has 0 N–H and O–H groups in total. The van der Waals surface area contributed by atoms with Crippen LogP contribution < -0.4 is 4.23 Å². The topological polar surface area (TPSA) is 3.24 Å². The van der Waals surface area contributed by atoms with Gasteiger partial charge in [0.1, 0.15) is 28.1 Å². The van der Waals surface area contributed by atoms with Gasteiger partial charge in [-0.2, -0.15) is 0 Å². The van der Waals surface area contributed by atoms with Crippen molar-refractivity contribution >= 4 is 22.2 Å². The van der Waals surface area contributed by atoms with Gasteiger partial charge < -0.3 is 4.23 Å². The summed E-state index contributed by atoms with van der Waals surface area (Å²) in [6.07, 6.45) is 0. The van der Waals surface area contributed by atoms with Crippen molar-refractivity contribution in [2.75, 3.05) is 4.23 Å². The van der Waals surface area contributed by atoms with Crippen molar-refractivity contribution < 1.29 is 8.78 Å². The van der Waals surface area contributed by atoms with Crippen molar-refractivity contribution in [3.8, 4) is 0 Å². The number of hydrogen-bond acceptors (Lipinski definition) is 1. The Bertz CT molecular complexity index is 430. The molecular formula is C12H19F2NSi2. The molecule has 0 radical (unpaired) electrons. The molecule has 1 aliphatic heterocycles. The molecule has 1 saturated heterocycles. The average molecular weight is 271 g/mol. The minimum absolute atomic E-state index is 0.409. The van der Waals surface area contributed by atoms with E-state index in [1.54, 1.807) is 6.07 Å². The molecule has 0 spiro atoms. The molecule has 2 rings (SSSR count). The van der Waals surface area contributed by atoms with E-state index < -0.39 is 28.1 Å². The fourth-order valence-electron chi connectivity index (χ4n) is 2.97. The van der Waals surface area contributed by atoms with Gasteiger partial charge in [0.25, 0.3) is 0 Å². The van der Waals surface area contributed by atoms with Gasteiger partial charge in [0.2, 0.25) is 0 Å². The van der Waals surface area contributed by atoms with Gasteiger partial charge in [-0.25, -0.2) is 8.78 Å². The lowest BCUT2D eigenvalue weighted by Crippen LogP contribution is -2.55. The van der Waals surface area contributed by atoms with E-state index >= 15 is 0 Å². The Balaban J connectivity index is 2.50. The van der Waals surface area contributed by atoms with Crippen LogP contribution >= 0.6 is 0 Å². The fourth-order valence-corrected chi connectivity index (χ4v) is 17.2. The quantitative estimate of drug-likeness (QED) is 0.692. The van der Waals surface area contributed by atoms with Gasteiger partial charge in [-0.05, 0) is 24.2 Å². The Kier molecular flexibility index (Phi) is 2.94. The van der Waals surface area contributed by atoms with E-state index in [1.807, 2.05) is 0 Å². The van der Waals surface area contributed by atoms with Crippen molar-refractivity contribution in [1.29, 1.82) is 0 Å². The molecule has 0 saturated carbocycles. The normalized spacial score (nSPS) is 21.9. The number of benzene rings is 1. The minimum atomic E-state index is -1.56. The predicted molar refractivity (Wildman–Crippen MR) is 73.4 cm³/mol. The first-order chi connectivity index (χ1) is 7.74. The van der Waals surface area contributed by atoms with Crippen LogP contribution in [0.2, 0.25) is 38.3 Å². The second kappa shape index (κ2) is 3.91. The van der Waals surface area contributed by atoms with E-state index in [1.165, 1.54) is 18.2 Å². The Morgan fingerprint density at radius 3 is 2.00 bits per heavy atom. The third kappa shape index (κ3) is 2.18. The van der Waals surface area contributed by atoms with Gasteiger partial charge in [-0.1, -0.05) is 26.2 Å². The zero-order valence-corrected chi connectivity index (χ0v) is 12.8. The van der Waals surface area contributed by atoms with Crippen molar-refractivity contribution in [1.82, 2.24) is 0 Å². The Hall–Kier alpha value is -0.686. The summed E-state index contributed by atoms with van der Waals surface area (Å²) in [5.74, 6) is -0.905. The highest BCUT2D eigenvalue weighted by molar-refractivity contribution is 7.04. The summed E-state index contributed by atoms with van der Waals surface area (Å²) < 4.78 is 29.3. The van der Waals surface area contributed by atoms with Gasteiger partial charge >= 0.3 is 0 Å². The fraction of sp³-hybridized carbons (Fsp3) is 0.500. The molecule has 1 aliphatic rings. The monoisotopic (exact) mass is 271 g/mol. The summed E-state index contributed by atoms with van der Waals surface area (Å²) in [4.78, 5) is 0. The zero-order chi connectivity index (χ0) is 12.8. The van der Waals surface area contributed by atoms with E-state index in [-0.39, 0.29) is 0 Å². The van der Waals surface area contributed by atoms with E-state index in [9.17, 15) is 8.78 Å². The van der Waals surface area contributed by atoms with E-state index in [2.05, 4.69) is 30.4 Å². The maximum absolute atomic E-state index is 14.0. The molecule has 0 amide bonds. The highest BCUT2D eigenvalue weighted by Gasteiger charge is 2.48. The van der Waals surface area contributed by atoms with Crippen LogP contribution in [0.3, 0.4) is 0 Å².